The third-order valence-electron chi connectivity index (χ3n) is 2.32. The maximum atomic E-state index is 11.9. The van der Waals surface area contributed by atoms with E-state index in [4.69, 9.17) is 0 Å². The molecular formula is C14H12BrNO2S. The number of anilines is 1. The summed E-state index contributed by atoms with van der Waals surface area (Å²) in [5, 5.41) is 1.16. The molecule has 0 unspecified atom stereocenters. The fraction of sp³-hybridized carbons (Fsp3) is 0. The number of nitrogens with one attached hydrogen (secondary N) is 1. The quantitative estimate of drug-likeness (QED) is 0.920. The predicted octanol–water partition coefficient (Wildman–Crippen LogP) is 3.86. The molecule has 0 aromatic heterocycles. The summed E-state index contributed by atoms with van der Waals surface area (Å²) in [6.45, 7) is 0. The number of benzene rings is 2. The van der Waals surface area contributed by atoms with Gasteiger partial charge in [-0.25, -0.2) is 8.42 Å². The minimum absolute atomic E-state index is 0.520. The van der Waals surface area contributed by atoms with E-state index in [1.165, 1.54) is 0 Å². The summed E-state index contributed by atoms with van der Waals surface area (Å²) in [6, 6.07) is 16.3. The summed E-state index contributed by atoms with van der Waals surface area (Å²) in [4.78, 5) is 0. The molecule has 0 saturated carbocycles. The van der Waals surface area contributed by atoms with E-state index in [0.29, 0.717) is 5.69 Å². The maximum Gasteiger partial charge on any atom is 0.255 e. The molecule has 0 aliphatic carbocycles. The van der Waals surface area contributed by atoms with Crippen molar-refractivity contribution in [3.05, 3.63) is 70.0 Å². The van der Waals surface area contributed by atoms with Crippen LogP contribution in [0.25, 0.3) is 6.08 Å². The topological polar surface area (TPSA) is 46.2 Å². The third-order valence-corrected chi connectivity index (χ3v) is 3.83. The van der Waals surface area contributed by atoms with E-state index in [0.717, 1.165) is 15.4 Å². The second-order valence-electron chi connectivity index (χ2n) is 3.87. The van der Waals surface area contributed by atoms with Gasteiger partial charge in [-0.1, -0.05) is 52.3 Å². The molecule has 5 heteroatoms. The van der Waals surface area contributed by atoms with Crippen LogP contribution < -0.4 is 4.72 Å². The Labute approximate surface area is 121 Å². The van der Waals surface area contributed by atoms with Crippen molar-refractivity contribution in [2.75, 3.05) is 4.72 Å². The highest BCUT2D eigenvalue weighted by Gasteiger charge is 2.05. The Morgan fingerprint density at radius 1 is 1.00 bits per heavy atom. The van der Waals surface area contributed by atoms with Crippen molar-refractivity contribution < 1.29 is 8.42 Å². The van der Waals surface area contributed by atoms with E-state index in [9.17, 15) is 8.42 Å². The van der Waals surface area contributed by atoms with Gasteiger partial charge < -0.3 is 0 Å². The van der Waals surface area contributed by atoms with Gasteiger partial charge in [0.1, 0.15) is 0 Å². The van der Waals surface area contributed by atoms with E-state index in [-0.39, 0.29) is 0 Å². The number of hydrogen-bond donors (Lipinski definition) is 1. The highest BCUT2D eigenvalue weighted by atomic mass is 79.9. The van der Waals surface area contributed by atoms with Crippen LogP contribution in [0.2, 0.25) is 0 Å². The Morgan fingerprint density at radius 3 is 2.42 bits per heavy atom. The summed E-state index contributed by atoms with van der Waals surface area (Å²) in [7, 11) is -3.50. The van der Waals surface area contributed by atoms with E-state index >= 15 is 0 Å². The lowest BCUT2D eigenvalue weighted by molar-refractivity contribution is 0.609. The Bertz CT molecular complexity index is 682. The Kier molecular flexibility index (Phi) is 4.39. The number of hydrogen-bond acceptors (Lipinski definition) is 2. The number of rotatable bonds is 4. The minimum atomic E-state index is -3.50. The zero-order chi connectivity index (χ0) is 13.7. The summed E-state index contributed by atoms with van der Waals surface area (Å²) < 4.78 is 27.0. The van der Waals surface area contributed by atoms with Gasteiger partial charge >= 0.3 is 0 Å². The van der Waals surface area contributed by atoms with E-state index in [1.54, 1.807) is 24.3 Å². The molecule has 0 amide bonds. The molecule has 0 atom stereocenters. The zero-order valence-corrected chi connectivity index (χ0v) is 12.4. The first-order valence-electron chi connectivity index (χ1n) is 5.57. The van der Waals surface area contributed by atoms with Crippen LogP contribution in [0.1, 0.15) is 5.56 Å². The molecule has 2 aromatic rings. The average molecular weight is 338 g/mol. The van der Waals surface area contributed by atoms with E-state index in [2.05, 4.69) is 20.7 Å². The van der Waals surface area contributed by atoms with Crippen molar-refractivity contribution in [3.63, 3.8) is 0 Å². The van der Waals surface area contributed by atoms with Gasteiger partial charge in [0.2, 0.25) is 0 Å². The summed E-state index contributed by atoms with van der Waals surface area (Å²) >= 11 is 3.29. The Hall–Kier alpha value is -1.59. The molecule has 0 heterocycles. The van der Waals surface area contributed by atoms with Crippen molar-refractivity contribution in [1.82, 2.24) is 0 Å². The van der Waals surface area contributed by atoms with E-state index in [1.807, 2.05) is 36.4 Å². The van der Waals surface area contributed by atoms with Crippen LogP contribution >= 0.6 is 15.9 Å². The SMILES string of the molecule is O=S(=O)(/C=C/c1ccccc1)Nc1cccc(Br)c1. The fourth-order valence-electron chi connectivity index (χ4n) is 1.48. The fourth-order valence-corrected chi connectivity index (χ4v) is 2.74. The Balaban J connectivity index is 2.13. The lowest BCUT2D eigenvalue weighted by Crippen LogP contribution is -2.08. The lowest BCUT2D eigenvalue weighted by atomic mass is 10.2. The molecule has 0 spiro atoms. The molecule has 0 aliphatic heterocycles. The van der Waals surface area contributed by atoms with Gasteiger partial charge in [-0.2, -0.15) is 0 Å². The molecule has 0 fully saturated rings. The van der Waals surface area contributed by atoms with Gasteiger partial charge in [-0.3, -0.25) is 4.72 Å². The first-order chi connectivity index (χ1) is 9.05. The van der Waals surface area contributed by atoms with Crippen LogP contribution in [-0.4, -0.2) is 8.42 Å². The molecule has 0 bridgehead atoms. The van der Waals surface area contributed by atoms with Gasteiger partial charge in [0.15, 0.2) is 0 Å². The van der Waals surface area contributed by atoms with Crippen LogP contribution in [0.5, 0.6) is 0 Å². The minimum Gasteiger partial charge on any atom is -0.280 e. The predicted molar refractivity (Wildman–Crippen MR) is 82.2 cm³/mol. The van der Waals surface area contributed by atoms with Gasteiger partial charge in [0, 0.05) is 10.2 Å². The first kappa shape index (κ1) is 13.8. The van der Waals surface area contributed by atoms with Crippen molar-refractivity contribution in [2.45, 2.75) is 0 Å². The summed E-state index contributed by atoms with van der Waals surface area (Å²) in [6.07, 6.45) is 1.56. The van der Waals surface area contributed by atoms with Crippen molar-refractivity contribution in [1.29, 1.82) is 0 Å². The molecular weight excluding hydrogens is 326 g/mol. The third kappa shape index (κ3) is 4.54. The highest BCUT2D eigenvalue weighted by molar-refractivity contribution is 9.10. The van der Waals surface area contributed by atoms with Gasteiger partial charge in [0.05, 0.1) is 5.41 Å². The van der Waals surface area contributed by atoms with E-state index < -0.39 is 10.0 Å². The van der Waals surface area contributed by atoms with Crippen LogP contribution in [0.4, 0.5) is 5.69 Å². The summed E-state index contributed by atoms with van der Waals surface area (Å²) in [5.41, 5.74) is 1.36. The molecule has 3 nitrogen and oxygen atoms in total. The van der Waals surface area contributed by atoms with Crippen molar-refractivity contribution in [3.8, 4) is 0 Å². The van der Waals surface area contributed by atoms with Crippen LogP contribution in [0, 0.1) is 0 Å². The highest BCUT2D eigenvalue weighted by Crippen LogP contribution is 2.17. The standard InChI is InChI=1S/C14H12BrNO2S/c15-13-7-4-8-14(11-13)16-19(17,18)10-9-12-5-2-1-3-6-12/h1-11,16H/b10-9+. The molecule has 0 radical (unpaired) electrons. The monoisotopic (exact) mass is 337 g/mol. The van der Waals surface area contributed by atoms with Gasteiger partial charge in [-0.15, -0.1) is 0 Å². The molecule has 2 rings (SSSR count). The molecule has 0 aliphatic rings. The van der Waals surface area contributed by atoms with Crippen LogP contribution in [0.15, 0.2) is 64.5 Å². The molecule has 98 valence electrons. The van der Waals surface area contributed by atoms with Crippen molar-refractivity contribution >= 4 is 37.7 Å². The maximum absolute atomic E-state index is 11.9. The van der Waals surface area contributed by atoms with Crippen molar-refractivity contribution in [2.24, 2.45) is 0 Å². The van der Waals surface area contributed by atoms with Crippen LogP contribution in [-0.2, 0) is 10.0 Å². The summed E-state index contributed by atoms with van der Waals surface area (Å²) in [5.74, 6) is 0. The second kappa shape index (κ2) is 6.04. The average Bonchev–Trinajstić information content (AvgIpc) is 2.37. The molecule has 19 heavy (non-hydrogen) atoms. The first-order valence-corrected chi connectivity index (χ1v) is 7.91. The molecule has 2 aromatic carbocycles. The smallest absolute Gasteiger partial charge is 0.255 e. The largest absolute Gasteiger partial charge is 0.280 e. The molecule has 0 saturated heterocycles. The van der Waals surface area contributed by atoms with Gasteiger partial charge in [0.25, 0.3) is 10.0 Å². The Morgan fingerprint density at radius 2 is 1.74 bits per heavy atom. The van der Waals surface area contributed by atoms with Crippen LogP contribution in [0.3, 0.4) is 0 Å². The normalized spacial score (nSPS) is 11.6. The number of halogens is 1. The molecule has 1 N–H and O–H groups in total. The lowest BCUT2D eigenvalue weighted by Gasteiger charge is -2.04. The van der Waals surface area contributed by atoms with Gasteiger partial charge in [-0.05, 0) is 29.8 Å². The second-order valence-corrected chi connectivity index (χ2v) is 6.35. The number of sulfonamides is 1. The zero-order valence-electron chi connectivity index (χ0n) is 9.95.